The summed E-state index contributed by atoms with van der Waals surface area (Å²) in [7, 11) is 0. The molecule has 88 valence electrons. The molecule has 0 fully saturated rings. The fourth-order valence-corrected chi connectivity index (χ4v) is 1.46. The quantitative estimate of drug-likeness (QED) is 0.620. The Bertz CT molecular complexity index is 538. The predicted octanol–water partition coefficient (Wildman–Crippen LogP) is 0.773. The van der Waals surface area contributed by atoms with Gasteiger partial charge in [0.25, 0.3) is 0 Å². The van der Waals surface area contributed by atoms with E-state index in [4.69, 9.17) is 5.73 Å². The first-order chi connectivity index (χ1) is 8.11. The van der Waals surface area contributed by atoms with Crippen molar-refractivity contribution in [1.82, 2.24) is 19.7 Å². The molecule has 2 aromatic heterocycles. The normalized spacial score (nSPS) is 12.3. The molecule has 8 heteroatoms. The summed E-state index contributed by atoms with van der Waals surface area (Å²) < 4.78 is 1.35. The van der Waals surface area contributed by atoms with Gasteiger partial charge in [-0.3, -0.25) is 20.1 Å². The molecule has 8 nitrogen and oxygen atoms in total. The van der Waals surface area contributed by atoms with Gasteiger partial charge in [0.15, 0.2) is 0 Å². The molecule has 0 aliphatic rings. The summed E-state index contributed by atoms with van der Waals surface area (Å²) in [6.07, 6.45) is 5.78. The Morgan fingerprint density at radius 1 is 1.47 bits per heavy atom. The fourth-order valence-electron chi connectivity index (χ4n) is 1.46. The molecule has 2 rings (SSSR count). The molecule has 0 amide bonds. The predicted molar refractivity (Wildman–Crippen MR) is 59.1 cm³/mol. The number of aromatic nitrogens is 4. The Morgan fingerprint density at radius 2 is 2.24 bits per heavy atom. The minimum absolute atomic E-state index is 0.00755. The molecule has 0 aliphatic carbocycles. The van der Waals surface area contributed by atoms with Crippen LogP contribution < -0.4 is 5.73 Å². The van der Waals surface area contributed by atoms with Crippen molar-refractivity contribution in [3.8, 4) is 0 Å². The molecular weight excluding hydrogens is 224 g/mol. The Labute approximate surface area is 96.3 Å². The van der Waals surface area contributed by atoms with Crippen molar-refractivity contribution in [2.75, 3.05) is 5.73 Å². The highest BCUT2D eigenvalue weighted by atomic mass is 16.6. The minimum Gasteiger partial charge on any atom is -0.378 e. The van der Waals surface area contributed by atoms with E-state index in [0.29, 0.717) is 5.69 Å². The number of rotatable bonds is 3. The van der Waals surface area contributed by atoms with Gasteiger partial charge < -0.3 is 5.73 Å². The number of hydrogen-bond acceptors (Lipinski definition) is 6. The molecule has 17 heavy (non-hydrogen) atoms. The average molecular weight is 234 g/mol. The van der Waals surface area contributed by atoms with Gasteiger partial charge >= 0.3 is 5.69 Å². The van der Waals surface area contributed by atoms with Crippen LogP contribution in [-0.2, 0) is 0 Å². The molecule has 2 N–H and O–H groups in total. The second kappa shape index (κ2) is 4.16. The van der Waals surface area contributed by atoms with Crippen molar-refractivity contribution in [3.63, 3.8) is 0 Å². The van der Waals surface area contributed by atoms with E-state index in [1.165, 1.54) is 4.68 Å². The molecule has 1 atom stereocenters. The maximum absolute atomic E-state index is 10.6. The third-order valence-electron chi connectivity index (χ3n) is 2.39. The Kier molecular flexibility index (Phi) is 2.69. The van der Waals surface area contributed by atoms with Crippen LogP contribution in [0.5, 0.6) is 0 Å². The summed E-state index contributed by atoms with van der Waals surface area (Å²) in [6.45, 7) is 1.79. The maximum Gasteiger partial charge on any atom is 0.330 e. The standard InChI is InChI=1S/C9H10N6O2/c1-6(7-4-11-2-3-12-7)14-9(10)8(5-13-14)15(16)17/h2-6H,10H2,1H3. The van der Waals surface area contributed by atoms with Crippen LogP contribution in [0.15, 0.2) is 24.8 Å². The van der Waals surface area contributed by atoms with Crippen LogP contribution >= 0.6 is 0 Å². The van der Waals surface area contributed by atoms with Gasteiger partial charge in [0.05, 0.1) is 22.9 Å². The van der Waals surface area contributed by atoms with Gasteiger partial charge in [0.1, 0.15) is 6.20 Å². The summed E-state index contributed by atoms with van der Waals surface area (Å²) in [5.74, 6) is 0.00755. The molecule has 2 aromatic rings. The number of nitrogens with zero attached hydrogens (tertiary/aromatic N) is 5. The highest BCUT2D eigenvalue weighted by molar-refractivity contribution is 5.51. The number of nitrogen functional groups attached to an aromatic ring is 1. The second-order valence-electron chi connectivity index (χ2n) is 3.42. The van der Waals surface area contributed by atoms with Gasteiger partial charge in [-0.05, 0) is 6.92 Å². The number of nitrogens with two attached hydrogens (primary N) is 1. The fraction of sp³-hybridized carbons (Fsp3) is 0.222. The minimum atomic E-state index is -0.567. The van der Waals surface area contributed by atoms with Crippen molar-refractivity contribution in [1.29, 1.82) is 0 Å². The topological polar surface area (TPSA) is 113 Å². The van der Waals surface area contributed by atoms with Gasteiger partial charge in [-0.2, -0.15) is 5.10 Å². The smallest absolute Gasteiger partial charge is 0.330 e. The van der Waals surface area contributed by atoms with Crippen molar-refractivity contribution in [2.24, 2.45) is 0 Å². The maximum atomic E-state index is 10.6. The van der Waals surface area contributed by atoms with E-state index in [-0.39, 0.29) is 17.5 Å². The highest BCUT2D eigenvalue weighted by Gasteiger charge is 2.21. The third-order valence-corrected chi connectivity index (χ3v) is 2.39. The molecule has 0 spiro atoms. The molecule has 0 radical (unpaired) electrons. The molecule has 1 unspecified atom stereocenters. The molecule has 0 bridgehead atoms. The number of nitro groups is 1. The van der Waals surface area contributed by atoms with Gasteiger partial charge in [0.2, 0.25) is 5.82 Å². The van der Waals surface area contributed by atoms with Crippen molar-refractivity contribution in [2.45, 2.75) is 13.0 Å². The zero-order valence-electron chi connectivity index (χ0n) is 9.02. The molecule has 0 aromatic carbocycles. The van der Waals surface area contributed by atoms with Crippen molar-refractivity contribution in [3.05, 3.63) is 40.6 Å². The Hall–Kier alpha value is -2.51. The first-order valence-corrected chi connectivity index (χ1v) is 4.84. The summed E-state index contributed by atoms with van der Waals surface area (Å²) >= 11 is 0. The first kappa shape index (κ1) is 11.0. The van der Waals surface area contributed by atoms with Gasteiger partial charge in [-0.1, -0.05) is 0 Å². The summed E-state index contributed by atoms with van der Waals surface area (Å²) in [4.78, 5) is 18.1. The van der Waals surface area contributed by atoms with Crippen LogP contribution in [0.25, 0.3) is 0 Å². The Balaban J connectivity index is 2.39. The molecule has 2 heterocycles. The van der Waals surface area contributed by atoms with E-state index in [1.807, 2.05) is 0 Å². The lowest BCUT2D eigenvalue weighted by Gasteiger charge is -2.11. The van der Waals surface area contributed by atoms with Crippen LogP contribution in [0.1, 0.15) is 18.7 Å². The van der Waals surface area contributed by atoms with Crippen LogP contribution in [0.2, 0.25) is 0 Å². The van der Waals surface area contributed by atoms with Gasteiger partial charge in [-0.25, -0.2) is 4.68 Å². The molecular formula is C9H10N6O2. The second-order valence-corrected chi connectivity index (χ2v) is 3.42. The largest absolute Gasteiger partial charge is 0.378 e. The van der Waals surface area contributed by atoms with Gasteiger partial charge in [-0.15, -0.1) is 0 Å². The summed E-state index contributed by atoms with van der Waals surface area (Å²) in [5, 5.41) is 14.5. The first-order valence-electron chi connectivity index (χ1n) is 4.84. The lowest BCUT2D eigenvalue weighted by atomic mass is 10.2. The molecule has 0 saturated carbocycles. The van der Waals surface area contributed by atoms with E-state index < -0.39 is 4.92 Å². The molecule has 0 saturated heterocycles. The van der Waals surface area contributed by atoms with Crippen LogP contribution in [0.4, 0.5) is 11.5 Å². The van der Waals surface area contributed by atoms with E-state index >= 15 is 0 Å². The molecule has 0 aliphatic heterocycles. The zero-order chi connectivity index (χ0) is 12.4. The lowest BCUT2D eigenvalue weighted by molar-refractivity contribution is -0.384. The number of anilines is 1. The van der Waals surface area contributed by atoms with E-state index in [0.717, 1.165) is 6.20 Å². The average Bonchev–Trinajstić information content (AvgIpc) is 2.71. The van der Waals surface area contributed by atoms with Crippen LogP contribution in [-0.4, -0.2) is 24.7 Å². The monoisotopic (exact) mass is 234 g/mol. The summed E-state index contributed by atoms with van der Waals surface area (Å²) in [5.41, 5.74) is 6.08. The van der Waals surface area contributed by atoms with E-state index in [1.54, 1.807) is 25.5 Å². The van der Waals surface area contributed by atoms with Crippen molar-refractivity contribution < 1.29 is 4.92 Å². The van der Waals surface area contributed by atoms with E-state index in [9.17, 15) is 10.1 Å². The number of hydrogen-bond donors (Lipinski definition) is 1. The van der Waals surface area contributed by atoms with Gasteiger partial charge in [0, 0.05) is 12.4 Å². The van der Waals surface area contributed by atoms with Crippen molar-refractivity contribution >= 4 is 11.5 Å². The van der Waals surface area contributed by atoms with E-state index in [2.05, 4.69) is 15.1 Å². The summed E-state index contributed by atoms with van der Waals surface area (Å²) in [6, 6.07) is -0.308. The SMILES string of the molecule is CC(c1cnccn1)n1ncc([N+](=O)[O-])c1N. The Morgan fingerprint density at radius 3 is 2.76 bits per heavy atom. The van der Waals surface area contributed by atoms with Crippen LogP contribution in [0.3, 0.4) is 0 Å². The lowest BCUT2D eigenvalue weighted by Crippen LogP contribution is -2.13. The zero-order valence-corrected chi connectivity index (χ0v) is 9.02. The highest BCUT2D eigenvalue weighted by Crippen LogP contribution is 2.25. The van der Waals surface area contributed by atoms with Crippen LogP contribution in [0, 0.1) is 10.1 Å². The third kappa shape index (κ3) is 1.92.